The van der Waals surface area contributed by atoms with E-state index in [0.29, 0.717) is 5.56 Å². The van der Waals surface area contributed by atoms with Crippen LogP contribution >= 0.6 is 0 Å². The number of ether oxygens (including phenoxy) is 1. The van der Waals surface area contributed by atoms with Crippen LogP contribution in [-0.2, 0) is 0 Å². The molecular formula is C10H10F2O2. The molecule has 0 spiro atoms. The van der Waals surface area contributed by atoms with Crippen LogP contribution in [0.25, 0.3) is 6.08 Å². The SMILES string of the molecule is COc1cc(F)c(F)cc1/C=C/CO. The van der Waals surface area contributed by atoms with Crippen molar-refractivity contribution in [1.82, 2.24) is 0 Å². The number of aliphatic hydroxyl groups is 1. The Morgan fingerprint density at radius 2 is 2.00 bits per heavy atom. The molecule has 1 rings (SSSR count). The second-order valence-corrected chi connectivity index (χ2v) is 2.59. The van der Waals surface area contributed by atoms with E-state index < -0.39 is 11.6 Å². The molecule has 0 atom stereocenters. The van der Waals surface area contributed by atoms with Crippen LogP contribution in [0.5, 0.6) is 5.75 Å². The quantitative estimate of drug-likeness (QED) is 0.808. The van der Waals surface area contributed by atoms with Crippen molar-refractivity contribution in [1.29, 1.82) is 0 Å². The molecule has 76 valence electrons. The van der Waals surface area contributed by atoms with Gasteiger partial charge in [0.1, 0.15) is 5.75 Å². The van der Waals surface area contributed by atoms with Gasteiger partial charge in [-0.05, 0) is 6.07 Å². The molecular weight excluding hydrogens is 190 g/mol. The minimum absolute atomic E-state index is 0.165. The number of benzene rings is 1. The van der Waals surface area contributed by atoms with Gasteiger partial charge in [0.2, 0.25) is 0 Å². The molecule has 0 unspecified atom stereocenters. The molecule has 1 N–H and O–H groups in total. The van der Waals surface area contributed by atoms with Crippen LogP contribution in [0.1, 0.15) is 5.56 Å². The number of hydrogen-bond donors (Lipinski definition) is 1. The predicted octanol–water partition coefficient (Wildman–Crippen LogP) is 1.98. The van der Waals surface area contributed by atoms with Crippen molar-refractivity contribution in [3.05, 3.63) is 35.4 Å². The Morgan fingerprint density at radius 1 is 1.36 bits per heavy atom. The molecule has 2 nitrogen and oxygen atoms in total. The van der Waals surface area contributed by atoms with E-state index in [1.807, 2.05) is 0 Å². The molecule has 0 aliphatic rings. The second-order valence-electron chi connectivity index (χ2n) is 2.59. The number of aliphatic hydroxyl groups excluding tert-OH is 1. The van der Waals surface area contributed by atoms with Crippen molar-refractivity contribution in [2.45, 2.75) is 0 Å². The van der Waals surface area contributed by atoms with Crippen molar-refractivity contribution < 1.29 is 18.6 Å². The highest BCUT2D eigenvalue weighted by atomic mass is 19.2. The summed E-state index contributed by atoms with van der Waals surface area (Å²) in [6.45, 7) is -0.165. The van der Waals surface area contributed by atoms with Crippen molar-refractivity contribution >= 4 is 6.08 Å². The highest BCUT2D eigenvalue weighted by molar-refractivity contribution is 5.57. The van der Waals surface area contributed by atoms with Gasteiger partial charge in [-0.3, -0.25) is 0 Å². The second kappa shape index (κ2) is 4.72. The molecule has 0 saturated heterocycles. The Balaban J connectivity index is 3.13. The van der Waals surface area contributed by atoms with Crippen LogP contribution in [0.4, 0.5) is 8.78 Å². The van der Waals surface area contributed by atoms with Crippen molar-refractivity contribution in [3.8, 4) is 5.75 Å². The molecule has 4 heteroatoms. The van der Waals surface area contributed by atoms with Gasteiger partial charge in [-0.2, -0.15) is 0 Å². The fraction of sp³-hybridized carbons (Fsp3) is 0.200. The Kier molecular flexibility index (Phi) is 3.59. The molecule has 0 saturated carbocycles. The summed E-state index contributed by atoms with van der Waals surface area (Å²) in [6, 6.07) is 1.98. The molecule has 0 fully saturated rings. The fourth-order valence-corrected chi connectivity index (χ4v) is 1.03. The molecule has 0 heterocycles. The van der Waals surface area contributed by atoms with E-state index in [9.17, 15) is 8.78 Å². The zero-order valence-corrected chi connectivity index (χ0v) is 7.63. The minimum Gasteiger partial charge on any atom is -0.496 e. The minimum atomic E-state index is -0.956. The summed E-state index contributed by atoms with van der Waals surface area (Å²) in [5.74, 6) is -1.67. The van der Waals surface area contributed by atoms with Crippen LogP contribution in [0.2, 0.25) is 0 Å². The normalized spacial score (nSPS) is 10.9. The Labute approximate surface area is 80.4 Å². The first-order chi connectivity index (χ1) is 6.69. The smallest absolute Gasteiger partial charge is 0.162 e. The van der Waals surface area contributed by atoms with Crippen molar-refractivity contribution in [3.63, 3.8) is 0 Å². The van der Waals surface area contributed by atoms with E-state index in [2.05, 4.69) is 0 Å². The lowest BCUT2D eigenvalue weighted by molar-refractivity contribution is 0.343. The lowest BCUT2D eigenvalue weighted by Crippen LogP contribution is -1.92. The van der Waals surface area contributed by atoms with Gasteiger partial charge in [0, 0.05) is 11.6 Å². The third-order valence-electron chi connectivity index (χ3n) is 1.68. The van der Waals surface area contributed by atoms with Gasteiger partial charge in [0.15, 0.2) is 11.6 Å². The molecule has 1 aromatic carbocycles. The van der Waals surface area contributed by atoms with E-state index >= 15 is 0 Å². The third-order valence-corrected chi connectivity index (χ3v) is 1.68. The molecule has 1 aromatic rings. The predicted molar refractivity (Wildman–Crippen MR) is 49.0 cm³/mol. The average molecular weight is 200 g/mol. The standard InChI is InChI=1S/C10H10F2O2/c1-14-10-6-9(12)8(11)5-7(10)3-2-4-13/h2-3,5-6,13H,4H2,1H3/b3-2+. The average Bonchev–Trinajstić information content (AvgIpc) is 2.19. The highest BCUT2D eigenvalue weighted by Gasteiger charge is 2.07. The zero-order chi connectivity index (χ0) is 10.6. The van der Waals surface area contributed by atoms with E-state index in [-0.39, 0.29) is 12.4 Å². The molecule has 0 aliphatic heterocycles. The first-order valence-corrected chi connectivity index (χ1v) is 3.99. The number of methoxy groups -OCH3 is 1. The summed E-state index contributed by atoms with van der Waals surface area (Å²) in [7, 11) is 1.36. The molecule has 0 radical (unpaired) electrons. The molecule has 14 heavy (non-hydrogen) atoms. The highest BCUT2D eigenvalue weighted by Crippen LogP contribution is 2.23. The largest absolute Gasteiger partial charge is 0.496 e. The van der Waals surface area contributed by atoms with Crippen LogP contribution in [-0.4, -0.2) is 18.8 Å². The first-order valence-electron chi connectivity index (χ1n) is 3.99. The maximum absolute atomic E-state index is 12.8. The molecule has 0 aliphatic carbocycles. The monoisotopic (exact) mass is 200 g/mol. The van der Waals surface area contributed by atoms with Gasteiger partial charge in [0.25, 0.3) is 0 Å². The summed E-state index contributed by atoms with van der Waals surface area (Å²) < 4.78 is 30.4. The molecule has 0 amide bonds. The van der Waals surface area contributed by atoms with Gasteiger partial charge in [-0.1, -0.05) is 12.2 Å². The topological polar surface area (TPSA) is 29.5 Å². The Morgan fingerprint density at radius 3 is 2.57 bits per heavy atom. The summed E-state index contributed by atoms with van der Waals surface area (Å²) in [5, 5.41) is 8.52. The Hall–Kier alpha value is -1.42. The van der Waals surface area contributed by atoms with Gasteiger partial charge >= 0.3 is 0 Å². The number of halogens is 2. The van der Waals surface area contributed by atoms with Crippen LogP contribution < -0.4 is 4.74 Å². The first kappa shape index (κ1) is 10.7. The van der Waals surface area contributed by atoms with Crippen LogP contribution in [0.15, 0.2) is 18.2 Å². The van der Waals surface area contributed by atoms with E-state index in [4.69, 9.17) is 9.84 Å². The fourth-order valence-electron chi connectivity index (χ4n) is 1.03. The maximum atomic E-state index is 12.8. The van der Waals surface area contributed by atoms with Crippen molar-refractivity contribution in [2.24, 2.45) is 0 Å². The van der Waals surface area contributed by atoms with E-state index in [1.54, 1.807) is 0 Å². The zero-order valence-electron chi connectivity index (χ0n) is 7.63. The number of hydrogen-bond acceptors (Lipinski definition) is 2. The third kappa shape index (κ3) is 2.29. The van der Waals surface area contributed by atoms with Gasteiger partial charge in [0.05, 0.1) is 13.7 Å². The molecule has 0 bridgehead atoms. The summed E-state index contributed by atoms with van der Waals surface area (Å²) in [4.78, 5) is 0. The lowest BCUT2D eigenvalue weighted by atomic mass is 10.1. The van der Waals surface area contributed by atoms with Crippen molar-refractivity contribution in [2.75, 3.05) is 13.7 Å². The number of rotatable bonds is 3. The summed E-state index contributed by atoms with van der Waals surface area (Å²) >= 11 is 0. The summed E-state index contributed by atoms with van der Waals surface area (Å²) in [6.07, 6.45) is 2.87. The van der Waals surface area contributed by atoms with E-state index in [1.165, 1.54) is 19.3 Å². The van der Waals surface area contributed by atoms with E-state index in [0.717, 1.165) is 12.1 Å². The van der Waals surface area contributed by atoms with Crippen LogP contribution in [0, 0.1) is 11.6 Å². The molecule has 0 aromatic heterocycles. The Bertz CT molecular complexity index is 348. The van der Waals surface area contributed by atoms with Gasteiger partial charge in [-0.25, -0.2) is 8.78 Å². The summed E-state index contributed by atoms with van der Waals surface area (Å²) in [5.41, 5.74) is 0.389. The van der Waals surface area contributed by atoms with Crippen LogP contribution in [0.3, 0.4) is 0 Å². The van der Waals surface area contributed by atoms with Gasteiger partial charge in [-0.15, -0.1) is 0 Å². The van der Waals surface area contributed by atoms with Gasteiger partial charge < -0.3 is 9.84 Å². The maximum Gasteiger partial charge on any atom is 0.162 e. The lowest BCUT2D eigenvalue weighted by Gasteiger charge is -2.05.